The molecule has 1 fully saturated rings. The highest BCUT2D eigenvalue weighted by Gasteiger charge is 2.35. The topological polar surface area (TPSA) is 78.1 Å². The van der Waals surface area contributed by atoms with E-state index in [2.05, 4.69) is 34.0 Å². The Morgan fingerprint density at radius 1 is 1.29 bits per heavy atom. The Bertz CT molecular complexity index is 906. The molecule has 1 aliphatic carbocycles. The molecule has 0 spiro atoms. The highest BCUT2D eigenvalue weighted by Crippen LogP contribution is 2.36. The molecule has 0 bridgehead atoms. The second-order valence-corrected chi connectivity index (χ2v) is 9.71. The molecule has 0 unspecified atom stereocenters. The number of carbonyl (C=O) groups is 2. The lowest BCUT2D eigenvalue weighted by Crippen LogP contribution is -2.29. The maximum absolute atomic E-state index is 12.8. The van der Waals surface area contributed by atoms with E-state index in [4.69, 9.17) is 0 Å². The standard InChI is InChI=1S/C21H28N4O2S/c1-13-17-15(9-21(2,3)10-16(17)26)23-18(13)19(27)24-20-22-14(12-28-20)11-25-7-5-4-6-8-25/h12,23H,4-11H2,1-3H3,(H,22,24,27). The number of hydrogen-bond donors (Lipinski definition) is 2. The lowest BCUT2D eigenvalue weighted by Gasteiger charge is -2.28. The lowest BCUT2D eigenvalue weighted by atomic mass is 9.75. The summed E-state index contributed by atoms with van der Waals surface area (Å²) in [5.41, 5.74) is 3.74. The molecule has 4 rings (SSSR count). The molecular formula is C21H28N4O2S. The number of anilines is 1. The minimum absolute atomic E-state index is 0.0756. The summed E-state index contributed by atoms with van der Waals surface area (Å²) in [6.07, 6.45) is 5.11. The van der Waals surface area contributed by atoms with Crippen LogP contribution in [0.15, 0.2) is 5.38 Å². The number of rotatable bonds is 4. The third-order valence-corrected chi connectivity index (χ3v) is 6.54. The molecule has 0 radical (unpaired) electrons. The van der Waals surface area contributed by atoms with Gasteiger partial charge in [-0.2, -0.15) is 0 Å². The Hall–Kier alpha value is -1.99. The first-order valence-corrected chi connectivity index (χ1v) is 10.9. The Morgan fingerprint density at radius 3 is 2.79 bits per heavy atom. The van der Waals surface area contributed by atoms with Crippen molar-refractivity contribution in [2.45, 2.75) is 59.4 Å². The summed E-state index contributed by atoms with van der Waals surface area (Å²) in [6, 6.07) is 0. The molecule has 7 heteroatoms. The molecule has 1 saturated heterocycles. The number of carbonyl (C=O) groups excluding carboxylic acids is 2. The number of nitrogens with zero attached hydrogens (tertiary/aromatic N) is 2. The van der Waals surface area contributed by atoms with Crippen molar-refractivity contribution in [3.05, 3.63) is 33.6 Å². The number of fused-ring (bicyclic) bond motifs is 1. The molecule has 3 heterocycles. The fraction of sp³-hybridized carbons (Fsp3) is 0.571. The summed E-state index contributed by atoms with van der Waals surface area (Å²) in [6.45, 7) is 9.11. The minimum atomic E-state index is -0.226. The van der Waals surface area contributed by atoms with Gasteiger partial charge < -0.3 is 4.98 Å². The second kappa shape index (κ2) is 7.44. The molecule has 2 N–H and O–H groups in total. The monoisotopic (exact) mass is 400 g/mol. The molecule has 0 aromatic carbocycles. The molecule has 2 aromatic rings. The summed E-state index contributed by atoms with van der Waals surface area (Å²) in [4.78, 5) is 35.6. The number of piperidine rings is 1. The van der Waals surface area contributed by atoms with E-state index in [9.17, 15) is 9.59 Å². The van der Waals surface area contributed by atoms with Crippen LogP contribution in [0.5, 0.6) is 0 Å². The van der Waals surface area contributed by atoms with Crippen LogP contribution >= 0.6 is 11.3 Å². The van der Waals surface area contributed by atoms with Gasteiger partial charge in [0.1, 0.15) is 5.69 Å². The summed E-state index contributed by atoms with van der Waals surface area (Å²) in [5, 5.41) is 5.53. The minimum Gasteiger partial charge on any atom is -0.354 e. The number of aromatic amines is 1. The number of Topliss-reactive ketones (excluding diaryl/α,β-unsaturated/α-hetero) is 1. The number of ketones is 1. The Kier molecular flexibility index (Phi) is 5.14. The van der Waals surface area contributed by atoms with Gasteiger partial charge in [0.2, 0.25) is 0 Å². The fourth-order valence-corrected chi connectivity index (χ4v) is 5.10. The number of aromatic nitrogens is 2. The van der Waals surface area contributed by atoms with Crippen LogP contribution in [0.25, 0.3) is 0 Å². The zero-order valence-electron chi connectivity index (χ0n) is 16.9. The van der Waals surface area contributed by atoms with Gasteiger partial charge in [-0.25, -0.2) is 4.98 Å². The van der Waals surface area contributed by atoms with Crippen molar-refractivity contribution < 1.29 is 9.59 Å². The number of thiazole rings is 1. The summed E-state index contributed by atoms with van der Waals surface area (Å²) < 4.78 is 0. The van der Waals surface area contributed by atoms with Crippen LogP contribution in [0, 0.1) is 12.3 Å². The molecule has 2 aliphatic rings. The van der Waals surface area contributed by atoms with E-state index in [1.807, 2.05) is 12.3 Å². The van der Waals surface area contributed by atoms with Crippen LogP contribution in [0.1, 0.15) is 77.3 Å². The molecular weight excluding hydrogens is 372 g/mol. The van der Waals surface area contributed by atoms with Gasteiger partial charge in [0.05, 0.1) is 5.69 Å². The van der Waals surface area contributed by atoms with Crippen LogP contribution in [0.2, 0.25) is 0 Å². The number of likely N-dealkylation sites (tertiary alicyclic amines) is 1. The van der Waals surface area contributed by atoms with Crippen LogP contribution in [-0.4, -0.2) is 39.6 Å². The Balaban J connectivity index is 1.47. The van der Waals surface area contributed by atoms with E-state index in [1.165, 1.54) is 30.6 Å². The van der Waals surface area contributed by atoms with Crippen molar-refractivity contribution in [2.24, 2.45) is 5.41 Å². The van der Waals surface area contributed by atoms with Gasteiger partial charge in [-0.1, -0.05) is 20.3 Å². The third kappa shape index (κ3) is 3.91. The van der Waals surface area contributed by atoms with E-state index in [0.29, 0.717) is 22.8 Å². The smallest absolute Gasteiger partial charge is 0.274 e. The van der Waals surface area contributed by atoms with Gasteiger partial charge in [0.15, 0.2) is 10.9 Å². The molecule has 150 valence electrons. The average molecular weight is 401 g/mol. The Morgan fingerprint density at radius 2 is 2.04 bits per heavy atom. The summed E-state index contributed by atoms with van der Waals surface area (Å²) in [7, 11) is 0. The van der Waals surface area contributed by atoms with Gasteiger partial charge in [-0.3, -0.25) is 19.8 Å². The van der Waals surface area contributed by atoms with E-state index < -0.39 is 0 Å². The van der Waals surface area contributed by atoms with Crippen LogP contribution in [0.3, 0.4) is 0 Å². The number of hydrogen-bond acceptors (Lipinski definition) is 5. The largest absolute Gasteiger partial charge is 0.354 e. The molecule has 2 aromatic heterocycles. The van der Waals surface area contributed by atoms with Crippen molar-refractivity contribution >= 4 is 28.2 Å². The van der Waals surface area contributed by atoms with E-state index >= 15 is 0 Å². The molecule has 1 aliphatic heterocycles. The van der Waals surface area contributed by atoms with Crippen molar-refractivity contribution in [3.63, 3.8) is 0 Å². The maximum atomic E-state index is 12.8. The fourth-order valence-electron chi connectivity index (χ4n) is 4.40. The van der Waals surface area contributed by atoms with Gasteiger partial charge in [-0.15, -0.1) is 11.3 Å². The van der Waals surface area contributed by atoms with Gasteiger partial charge in [0, 0.05) is 29.6 Å². The van der Waals surface area contributed by atoms with E-state index in [0.717, 1.165) is 43.0 Å². The molecule has 28 heavy (non-hydrogen) atoms. The normalized spacial score (nSPS) is 19.5. The van der Waals surface area contributed by atoms with Gasteiger partial charge in [-0.05, 0) is 50.3 Å². The highest BCUT2D eigenvalue weighted by molar-refractivity contribution is 7.14. The number of amides is 1. The lowest BCUT2D eigenvalue weighted by molar-refractivity contribution is 0.0910. The predicted octanol–water partition coefficient (Wildman–Crippen LogP) is 4.17. The van der Waals surface area contributed by atoms with Gasteiger partial charge >= 0.3 is 0 Å². The van der Waals surface area contributed by atoms with Crippen LogP contribution in [-0.2, 0) is 13.0 Å². The second-order valence-electron chi connectivity index (χ2n) is 8.85. The number of nitrogens with one attached hydrogen (secondary N) is 2. The van der Waals surface area contributed by atoms with Crippen molar-refractivity contribution in [3.8, 4) is 0 Å². The summed E-state index contributed by atoms with van der Waals surface area (Å²) in [5.74, 6) is -0.103. The number of H-pyrrole nitrogens is 1. The van der Waals surface area contributed by atoms with E-state index in [-0.39, 0.29) is 17.1 Å². The SMILES string of the molecule is Cc1c(C(=O)Nc2nc(CN3CCCCC3)cs2)[nH]c2c1C(=O)CC(C)(C)C2. The molecule has 6 nitrogen and oxygen atoms in total. The first kappa shape index (κ1) is 19.3. The van der Waals surface area contributed by atoms with E-state index in [1.54, 1.807) is 0 Å². The Labute approximate surface area is 169 Å². The maximum Gasteiger partial charge on any atom is 0.274 e. The van der Waals surface area contributed by atoms with Crippen LogP contribution in [0.4, 0.5) is 5.13 Å². The third-order valence-electron chi connectivity index (χ3n) is 5.73. The van der Waals surface area contributed by atoms with Crippen molar-refractivity contribution in [1.29, 1.82) is 0 Å². The molecule has 0 atom stereocenters. The molecule has 1 amide bonds. The summed E-state index contributed by atoms with van der Waals surface area (Å²) >= 11 is 1.45. The highest BCUT2D eigenvalue weighted by atomic mass is 32.1. The zero-order valence-corrected chi connectivity index (χ0v) is 17.7. The quantitative estimate of drug-likeness (QED) is 0.807. The zero-order chi connectivity index (χ0) is 19.9. The molecule has 0 saturated carbocycles. The van der Waals surface area contributed by atoms with Crippen molar-refractivity contribution in [2.75, 3.05) is 18.4 Å². The predicted molar refractivity (Wildman–Crippen MR) is 111 cm³/mol. The van der Waals surface area contributed by atoms with Crippen LogP contribution < -0.4 is 5.32 Å². The first-order chi connectivity index (χ1) is 13.3. The van der Waals surface area contributed by atoms with Crippen molar-refractivity contribution in [1.82, 2.24) is 14.9 Å². The van der Waals surface area contributed by atoms with Gasteiger partial charge in [0.25, 0.3) is 5.91 Å². The first-order valence-electron chi connectivity index (χ1n) is 10.1. The average Bonchev–Trinajstić information content (AvgIpc) is 3.19.